The van der Waals surface area contributed by atoms with E-state index in [0.29, 0.717) is 53.4 Å². The van der Waals surface area contributed by atoms with Gasteiger partial charge in [0.1, 0.15) is 23.1 Å². The smallest absolute Gasteiger partial charge is 0.169 e. The molecule has 4 aliphatic rings. The van der Waals surface area contributed by atoms with Crippen molar-refractivity contribution in [1.29, 1.82) is 5.26 Å². The fourth-order valence-electron chi connectivity index (χ4n) is 8.17. The van der Waals surface area contributed by atoms with Gasteiger partial charge in [-0.2, -0.15) is 5.26 Å². The van der Waals surface area contributed by atoms with Gasteiger partial charge in [-0.25, -0.2) is 0 Å². The highest BCUT2D eigenvalue weighted by atomic mass is 16.5. The molecule has 0 amide bonds. The zero-order valence-electron chi connectivity index (χ0n) is 25.6. The first-order valence-corrected chi connectivity index (χ1v) is 14.6. The molecular weight excluding hydrogens is 538 g/mol. The van der Waals surface area contributed by atoms with Gasteiger partial charge in [0.15, 0.2) is 23.0 Å². The molecule has 226 valence electrons. The summed E-state index contributed by atoms with van der Waals surface area (Å²) in [6, 6.07) is 0.290. The van der Waals surface area contributed by atoms with Crippen LogP contribution < -0.4 is 18.9 Å². The van der Waals surface area contributed by atoms with Crippen molar-refractivity contribution in [3.05, 3.63) is 33.4 Å². The number of piperazine rings is 1. The average molecular weight is 580 g/mol. The number of rotatable bonds is 5. The molecule has 0 radical (unpaired) electrons. The highest BCUT2D eigenvalue weighted by molar-refractivity contribution is 5.68. The molecule has 3 N–H and O–H groups in total. The zero-order valence-corrected chi connectivity index (χ0v) is 25.6. The Hall–Kier alpha value is -3.39. The molecule has 0 aliphatic carbocycles. The molecule has 0 spiro atoms. The van der Waals surface area contributed by atoms with Gasteiger partial charge in [0.25, 0.3) is 0 Å². The van der Waals surface area contributed by atoms with Crippen LogP contribution in [0.25, 0.3) is 0 Å². The summed E-state index contributed by atoms with van der Waals surface area (Å²) in [4.78, 5) is 4.22. The van der Waals surface area contributed by atoms with E-state index in [1.165, 1.54) is 0 Å². The van der Waals surface area contributed by atoms with E-state index in [-0.39, 0.29) is 42.3 Å². The lowest BCUT2D eigenvalue weighted by molar-refractivity contribution is -0.0829. The van der Waals surface area contributed by atoms with Crippen molar-refractivity contribution in [2.75, 3.05) is 27.9 Å². The van der Waals surface area contributed by atoms with Gasteiger partial charge in [-0.05, 0) is 54.5 Å². The van der Waals surface area contributed by atoms with Gasteiger partial charge >= 0.3 is 0 Å². The second kappa shape index (κ2) is 9.83. The number of aromatic hydroxyl groups is 2. The molecule has 1 saturated heterocycles. The number of phenols is 2. The molecule has 2 aromatic carbocycles. The van der Waals surface area contributed by atoms with E-state index >= 15 is 0 Å². The minimum absolute atomic E-state index is 0.00202. The molecule has 6 rings (SSSR count). The van der Waals surface area contributed by atoms with Crippen molar-refractivity contribution in [3.8, 4) is 40.6 Å². The van der Waals surface area contributed by atoms with Crippen molar-refractivity contribution < 1.29 is 34.3 Å². The van der Waals surface area contributed by atoms with Crippen LogP contribution in [0.2, 0.25) is 0 Å². The third kappa shape index (κ3) is 3.79. The van der Waals surface area contributed by atoms with Gasteiger partial charge in [-0.15, -0.1) is 0 Å². The molecule has 10 heteroatoms. The molecule has 2 aromatic rings. The van der Waals surface area contributed by atoms with Crippen molar-refractivity contribution in [2.45, 2.75) is 95.8 Å². The maximum absolute atomic E-state index is 11.9. The topological polar surface area (TPSA) is 128 Å². The number of hydrogen-bond donors (Lipinski definition) is 3. The lowest BCUT2D eigenvalue weighted by Gasteiger charge is -2.59. The molecule has 5 atom stereocenters. The Morgan fingerprint density at radius 2 is 1.64 bits per heavy atom. The minimum Gasteiger partial charge on any atom is -0.504 e. The Bertz CT molecular complexity index is 1500. The summed E-state index contributed by atoms with van der Waals surface area (Å²) in [5.74, 6) is 2.16. The van der Waals surface area contributed by atoms with Crippen molar-refractivity contribution in [3.63, 3.8) is 0 Å². The van der Waals surface area contributed by atoms with Crippen LogP contribution in [-0.2, 0) is 19.3 Å². The summed E-state index contributed by atoms with van der Waals surface area (Å²) < 4.78 is 24.3. The molecule has 4 heterocycles. The fraction of sp³-hybridized carbons (Fsp3) is 0.594. The Kier molecular flexibility index (Phi) is 6.72. The van der Waals surface area contributed by atoms with Crippen LogP contribution in [0.5, 0.6) is 34.5 Å². The van der Waals surface area contributed by atoms with Crippen molar-refractivity contribution >= 4 is 0 Å². The maximum atomic E-state index is 11.9. The van der Waals surface area contributed by atoms with E-state index < -0.39 is 17.7 Å². The predicted octanol–water partition coefficient (Wildman–Crippen LogP) is 3.69. The lowest BCUT2D eigenvalue weighted by Crippen LogP contribution is -2.68. The summed E-state index contributed by atoms with van der Waals surface area (Å²) in [5, 5.41) is 45.1. The zero-order chi connectivity index (χ0) is 30.4. The number of hydrogen-bond acceptors (Lipinski definition) is 10. The van der Waals surface area contributed by atoms with Crippen LogP contribution in [0.4, 0.5) is 0 Å². The Labute approximate surface area is 247 Å². The quantitative estimate of drug-likeness (QED) is 0.483. The molecular formula is C32H41N3O7. The van der Waals surface area contributed by atoms with Gasteiger partial charge in [0.05, 0.1) is 45.1 Å². The van der Waals surface area contributed by atoms with Crippen LogP contribution >= 0.6 is 0 Å². The standard InChI is InChI=1S/C32H41N3O7/c1-14(2)41-29-15(3)28(39-7)17-9-19-21(12-33)35-20(25(34(19)6)24(17)27(29)38)10-16-23(22(35)13-36)26(37)31-18(30(16)40-8)11-32(4,5)42-31/h14,19-22,25,36-38H,9-11,13H2,1-8H3/t19?,20?,21-,22?,25-/m0/s1. The fourth-order valence-corrected chi connectivity index (χ4v) is 8.17. The predicted molar refractivity (Wildman–Crippen MR) is 155 cm³/mol. The van der Waals surface area contributed by atoms with Crippen LogP contribution in [0.3, 0.4) is 0 Å². The number of nitrogens with zero attached hydrogens (tertiary/aromatic N) is 3. The Morgan fingerprint density at radius 1 is 1.00 bits per heavy atom. The van der Waals surface area contributed by atoms with Gasteiger partial charge in [-0.3, -0.25) is 9.80 Å². The summed E-state index contributed by atoms with van der Waals surface area (Å²) in [5.41, 5.74) is 3.93. The number of likely N-dealkylation sites (N-methyl/N-ethyl adjacent to an activating group) is 1. The van der Waals surface area contributed by atoms with E-state index in [9.17, 15) is 20.6 Å². The van der Waals surface area contributed by atoms with Crippen LogP contribution in [-0.4, -0.2) is 82.8 Å². The first-order valence-electron chi connectivity index (χ1n) is 14.6. The van der Waals surface area contributed by atoms with E-state index in [1.54, 1.807) is 14.2 Å². The number of ether oxygens (including phenoxy) is 4. The number of aliphatic hydroxyl groups excluding tert-OH is 1. The molecule has 3 unspecified atom stereocenters. The van der Waals surface area contributed by atoms with Crippen LogP contribution in [0.15, 0.2) is 0 Å². The molecule has 10 nitrogen and oxygen atoms in total. The second-order valence-electron chi connectivity index (χ2n) is 12.9. The minimum atomic E-state index is -0.684. The average Bonchev–Trinajstić information content (AvgIpc) is 3.26. The van der Waals surface area contributed by atoms with Gasteiger partial charge in [0.2, 0.25) is 0 Å². The SMILES string of the molecule is COc1c(C)c(OC(C)C)c(O)c2c1CC1[C@H](C#N)N3C(CO)c4c(O)c5c(c(OC)c4CC3[C@@H]2N1C)CC(C)(C)O5. The lowest BCUT2D eigenvalue weighted by atomic mass is 9.71. The normalized spacial score (nSPS) is 27.3. The molecule has 4 aliphatic heterocycles. The molecule has 42 heavy (non-hydrogen) atoms. The van der Waals surface area contributed by atoms with E-state index in [1.807, 2.05) is 46.6 Å². The number of phenolic OH excluding ortho intramolecular Hbond substituents is 2. The molecule has 0 aromatic heterocycles. The second-order valence-corrected chi connectivity index (χ2v) is 12.9. The first kappa shape index (κ1) is 28.7. The van der Waals surface area contributed by atoms with Crippen molar-refractivity contribution in [1.82, 2.24) is 9.80 Å². The Balaban J connectivity index is 1.62. The highest BCUT2D eigenvalue weighted by Gasteiger charge is 2.57. The maximum Gasteiger partial charge on any atom is 0.169 e. The van der Waals surface area contributed by atoms with Crippen LogP contribution in [0, 0.1) is 18.3 Å². The summed E-state index contributed by atoms with van der Waals surface area (Å²) in [6.45, 7) is 9.33. The molecule has 1 fully saturated rings. The number of fused-ring (bicyclic) bond motifs is 8. The summed E-state index contributed by atoms with van der Waals surface area (Å²) in [7, 11) is 5.23. The summed E-state index contributed by atoms with van der Waals surface area (Å²) in [6.07, 6.45) is 1.28. The molecule has 0 saturated carbocycles. The first-order chi connectivity index (χ1) is 19.9. The highest BCUT2D eigenvalue weighted by Crippen LogP contribution is 2.60. The van der Waals surface area contributed by atoms with Gasteiger partial charge < -0.3 is 34.3 Å². The monoisotopic (exact) mass is 579 g/mol. The van der Waals surface area contributed by atoms with Crippen molar-refractivity contribution in [2.24, 2.45) is 0 Å². The number of nitriles is 1. The third-order valence-electron chi connectivity index (χ3n) is 9.63. The number of aliphatic hydroxyl groups is 1. The van der Waals surface area contributed by atoms with E-state index in [4.69, 9.17) is 18.9 Å². The van der Waals surface area contributed by atoms with Crippen LogP contribution in [0.1, 0.15) is 73.2 Å². The van der Waals surface area contributed by atoms with E-state index in [2.05, 4.69) is 11.0 Å². The third-order valence-corrected chi connectivity index (χ3v) is 9.63. The van der Waals surface area contributed by atoms with Gasteiger partial charge in [0, 0.05) is 51.9 Å². The van der Waals surface area contributed by atoms with E-state index in [0.717, 1.165) is 22.3 Å². The Morgan fingerprint density at radius 3 is 2.24 bits per heavy atom. The summed E-state index contributed by atoms with van der Waals surface area (Å²) >= 11 is 0. The number of methoxy groups -OCH3 is 2. The number of benzene rings is 2. The largest absolute Gasteiger partial charge is 0.504 e. The van der Waals surface area contributed by atoms with Gasteiger partial charge in [-0.1, -0.05) is 0 Å². The molecule has 2 bridgehead atoms.